The number of H-pyrrole nitrogens is 1. The molecule has 1 saturated heterocycles. The van der Waals surface area contributed by atoms with E-state index in [1.807, 2.05) is 0 Å². The van der Waals surface area contributed by atoms with Crippen LogP contribution in [-0.4, -0.2) is 39.1 Å². The lowest BCUT2D eigenvalue weighted by molar-refractivity contribution is -0.137. The summed E-state index contributed by atoms with van der Waals surface area (Å²) in [5, 5.41) is 0.311. The Kier molecular flexibility index (Phi) is 5.64. The summed E-state index contributed by atoms with van der Waals surface area (Å²) in [5.74, 6) is 0.448. The Balaban J connectivity index is 1.22. The Hall–Kier alpha value is -2.91. The number of pyridine rings is 1. The molecule has 0 unspecified atom stereocenters. The first-order valence-electron chi connectivity index (χ1n) is 11.0. The highest BCUT2D eigenvalue weighted by atomic mass is 35.5. The number of aromatic amines is 1. The van der Waals surface area contributed by atoms with Gasteiger partial charge in [-0.1, -0.05) is 23.7 Å². The fourth-order valence-electron chi connectivity index (χ4n) is 5.08. The number of likely N-dealkylation sites (tertiary alicyclic amines) is 1. The number of hydrogen-bond donors (Lipinski definition) is 1. The number of fused-ring (bicyclic) bond motifs is 1. The third kappa shape index (κ3) is 4.30. The second-order valence-corrected chi connectivity index (χ2v) is 9.47. The predicted octanol–water partition coefficient (Wildman–Crippen LogP) is 3.93. The molecule has 1 saturated carbocycles. The van der Waals surface area contributed by atoms with Crippen molar-refractivity contribution in [3.05, 3.63) is 85.9 Å². The van der Waals surface area contributed by atoms with E-state index in [1.165, 1.54) is 29.1 Å². The molecule has 0 radical (unpaired) electrons. The molecule has 10 heteroatoms. The highest BCUT2D eigenvalue weighted by Gasteiger charge is 2.60. The van der Waals surface area contributed by atoms with Gasteiger partial charge in [0, 0.05) is 43.0 Å². The molecule has 6 nitrogen and oxygen atoms in total. The van der Waals surface area contributed by atoms with Crippen molar-refractivity contribution < 1.29 is 13.2 Å². The van der Waals surface area contributed by atoms with E-state index in [9.17, 15) is 22.8 Å². The lowest BCUT2D eigenvalue weighted by atomic mass is 9.94. The van der Waals surface area contributed by atoms with E-state index in [1.54, 1.807) is 24.3 Å². The standard InChI is InChI=1S/C24H22ClF3N4O2/c25-20-7-2-15(11-29-20)19-13-32(22(34)30-21(19)33)9-1-8-31-12-18-10-23(18,14-31)16-3-5-17(6-4-16)24(26,27)28/h2-7,11,13,18H,1,8-10,12,14H2,(H,30,33,34)/t18-,23+/m0/s1. The molecule has 1 N–H and O–H groups in total. The number of rotatable bonds is 6. The van der Waals surface area contributed by atoms with Crippen molar-refractivity contribution in [1.29, 1.82) is 0 Å². The summed E-state index contributed by atoms with van der Waals surface area (Å²) < 4.78 is 40.1. The zero-order chi connectivity index (χ0) is 24.1. The van der Waals surface area contributed by atoms with E-state index in [2.05, 4.69) is 14.9 Å². The first kappa shape index (κ1) is 22.9. The second-order valence-electron chi connectivity index (χ2n) is 9.09. The topological polar surface area (TPSA) is 71.0 Å². The fourth-order valence-corrected chi connectivity index (χ4v) is 5.19. The summed E-state index contributed by atoms with van der Waals surface area (Å²) in [6.07, 6.45) is 0.382. The first-order valence-corrected chi connectivity index (χ1v) is 11.4. The quantitative estimate of drug-likeness (QED) is 0.531. The van der Waals surface area contributed by atoms with Crippen molar-refractivity contribution in [1.82, 2.24) is 19.4 Å². The van der Waals surface area contributed by atoms with Gasteiger partial charge in [0.05, 0.1) is 11.1 Å². The molecule has 0 bridgehead atoms. The Morgan fingerprint density at radius 2 is 1.88 bits per heavy atom. The van der Waals surface area contributed by atoms with Gasteiger partial charge in [0.2, 0.25) is 0 Å². The van der Waals surface area contributed by atoms with Crippen molar-refractivity contribution in [3.63, 3.8) is 0 Å². The molecule has 2 fully saturated rings. The van der Waals surface area contributed by atoms with Gasteiger partial charge in [0.15, 0.2) is 0 Å². The highest BCUT2D eigenvalue weighted by Crippen LogP contribution is 2.59. The van der Waals surface area contributed by atoms with Gasteiger partial charge in [-0.3, -0.25) is 14.3 Å². The summed E-state index contributed by atoms with van der Waals surface area (Å²) in [6, 6.07) is 8.80. The summed E-state index contributed by atoms with van der Waals surface area (Å²) in [7, 11) is 0. The summed E-state index contributed by atoms with van der Waals surface area (Å²) >= 11 is 5.81. The van der Waals surface area contributed by atoms with Crippen molar-refractivity contribution in [2.45, 2.75) is 31.0 Å². The van der Waals surface area contributed by atoms with Crippen molar-refractivity contribution in [2.75, 3.05) is 19.6 Å². The monoisotopic (exact) mass is 490 g/mol. The SMILES string of the molecule is O=c1[nH]c(=O)n(CCCN2C[C@@H]3C[C@]3(c3ccc(C(F)(F)F)cc3)C2)cc1-c1ccc(Cl)nc1. The number of aromatic nitrogens is 3. The van der Waals surface area contributed by atoms with Gasteiger partial charge in [-0.2, -0.15) is 13.2 Å². The number of benzene rings is 1. The van der Waals surface area contributed by atoms with Gasteiger partial charge in [-0.15, -0.1) is 0 Å². The van der Waals surface area contributed by atoms with Crippen LogP contribution in [-0.2, 0) is 18.1 Å². The lowest BCUT2D eigenvalue weighted by Crippen LogP contribution is -2.32. The smallest absolute Gasteiger partial charge is 0.302 e. The van der Waals surface area contributed by atoms with Gasteiger partial charge in [0.1, 0.15) is 5.15 Å². The van der Waals surface area contributed by atoms with Crippen molar-refractivity contribution in [3.8, 4) is 11.1 Å². The molecule has 3 aromatic rings. The zero-order valence-corrected chi connectivity index (χ0v) is 18.9. The van der Waals surface area contributed by atoms with Crippen LogP contribution in [0.4, 0.5) is 13.2 Å². The number of nitrogens with one attached hydrogen (secondary N) is 1. The third-order valence-corrected chi connectivity index (χ3v) is 7.15. The fraction of sp³-hybridized carbons (Fsp3) is 0.375. The Labute approximate surface area is 198 Å². The van der Waals surface area contributed by atoms with Crippen LogP contribution in [0, 0.1) is 5.92 Å². The lowest BCUT2D eigenvalue weighted by Gasteiger charge is -2.21. The number of piperidine rings is 1. The molecule has 0 spiro atoms. The molecule has 2 atom stereocenters. The minimum Gasteiger partial charge on any atom is -0.302 e. The van der Waals surface area contributed by atoms with Crippen LogP contribution in [0.25, 0.3) is 11.1 Å². The normalized spacial score (nSPS) is 22.1. The maximum absolute atomic E-state index is 12.9. The Morgan fingerprint density at radius 3 is 2.56 bits per heavy atom. The van der Waals surface area contributed by atoms with E-state index < -0.39 is 23.0 Å². The van der Waals surface area contributed by atoms with Crippen molar-refractivity contribution >= 4 is 11.6 Å². The van der Waals surface area contributed by atoms with Crippen LogP contribution in [0.15, 0.2) is 58.4 Å². The van der Waals surface area contributed by atoms with E-state index in [-0.39, 0.29) is 5.41 Å². The summed E-state index contributed by atoms with van der Waals surface area (Å²) in [5.41, 5.74) is 0.230. The summed E-state index contributed by atoms with van der Waals surface area (Å²) in [4.78, 5) is 33.2. The van der Waals surface area contributed by atoms with Gasteiger partial charge in [0.25, 0.3) is 5.56 Å². The molecule has 1 aromatic carbocycles. The molecule has 34 heavy (non-hydrogen) atoms. The average Bonchev–Trinajstić information content (AvgIpc) is 3.37. The van der Waals surface area contributed by atoms with Crippen LogP contribution in [0.1, 0.15) is 24.0 Å². The molecule has 5 rings (SSSR count). The van der Waals surface area contributed by atoms with E-state index in [0.717, 1.165) is 31.6 Å². The Morgan fingerprint density at radius 1 is 1.12 bits per heavy atom. The van der Waals surface area contributed by atoms with E-state index in [0.29, 0.717) is 35.2 Å². The number of hydrogen-bond acceptors (Lipinski definition) is 4. The molecule has 1 aliphatic heterocycles. The van der Waals surface area contributed by atoms with Crippen LogP contribution < -0.4 is 11.2 Å². The minimum absolute atomic E-state index is 0.0618. The molecular formula is C24H22ClF3N4O2. The van der Waals surface area contributed by atoms with Crippen LogP contribution in [0.2, 0.25) is 5.15 Å². The molecule has 1 aliphatic carbocycles. The van der Waals surface area contributed by atoms with E-state index >= 15 is 0 Å². The van der Waals surface area contributed by atoms with Crippen LogP contribution in [0.5, 0.6) is 0 Å². The molecule has 2 aliphatic rings. The third-order valence-electron chi connectivity index (χ3n) is 6.93. The maximum atomic E-state index is 12.9. The molecule has 178 valence electrons. The highest BCUT2D eigenvalue weighted by molar-refractivity contribution is 6.29. The number of alkyl halides is 3. The second kappa shape index (κ2) is 8.39. The molecule has 0 amide bonds. The van der Waals surface area contributed by atoms with Gasteiger partial charge in [-0.05, 0) is 55.1 Å². The number of nitrogens with zero attached hydrogens (tertiary/aromatic N) is 3. The Bertz CT molecular complexity index is 1320. The number of aryl methyl sites for hydroxylation is 1. The molecular weight excluding hydrogens is 469 g/mol. The first-order chi connectivity index (χ1) is 16.2. The van der Waals surface area contributed by atoms with Gasteiger partial charge < -0.3 is 4.90 Å². The van der Waals surface area contributed by atoms with Gasteiger partial charge in [-0.25, -0.2) is 9.78 Å². The maximum Gasteiger partial charge on any atom is 0.416 e. The minimum atomic E-state index is -4.33. The summed E-state index contributed by atoms with van der Waals surface area (Å²) in [6.45, 7) is 2.87. The van der Waals surface area contributed by atoms with Crippen LogP contribution >= 0.6 is 11.6 Å². The number of halogens is 4. The van der Waals surface area contributed by atoms with Crippen molar-refractivity contribution in [2.24, 2.45) is 5.92 Å². The average molecular weight is 491 g/mol. The van der Waals surface area contributed by atoms with Crippen LogP contribution in [0.3, 0.4) is 0 Å². The largest absolute Gasteiger partial charge is 0.416 e. The zero-order valence-electron chi connectivity index (χ0n) is 18.1. The van der Waals surface area contributed by atoms with E-state index in [4.69, 9.17) is 11.6 Å². The van der Waals surface area contributed by atoms with Gasteiger partial charge >= 0.3 is 11.9 Å². The molecule has 3 heterocycles. The predicted molar refractivity (Wildman–Crippen MR) is 122 cm³/mol. The molecule has 2 aromatic heterocycles.